The van der Waals surface area contributed by atoms with Gasteiger partial charge in [-0.2, -0.15) is 8.78 Å². The van der Waals surface area contributed by atoms with Crippen LogP contribution in [-0.4, -0.2) is 18.5 Å². The summed E-state index contributed by atoms with van der Waals surface area (Å²) >= 11 is 0. The van der Waals surface area contributed by atoms with Crippen molar-refractivity contribution in [2.45, 2.75) is 18.9 Å². The van der Waals surface area contributed by atoms with Gasteiger partial charge in [-0.15, -0.1) is 0 Å². The Morgan fingerprint density at radius 2 is 2.06 bits per heavy atom. The quantitative estimate of drug-likeness (QED) is 0.670. The molecule has 1 aromatic carbocycles. The Morgan fingerprint density at radius 3 is 2.61 bits per heavy atom. The van der Waals surface area contributed by atoms with Crippen molar-refractivity contribution in [3.05, 3.63) is 35.4 Å². The molecule has 2 N–H and O–H groups in total. The van der Waals surface area contributed by atoms with E-state index in [0.717, 1.165) is 6.07 Å². The molecule has 0 unspecified atom stereocenters. The Morgan fingerprint density at radius 1 is 1.44 bits per heavy atom. The summed E-state index contributed by atoms with van der Waals surface area (Å²) in [5, 5.41) is 0. The van der Waals surface area contributed by atoms with Gasteiger partial charge in [0.25, 0.3) is 0 Å². The van der Waals surface area contributed by atoms with Gasteiger partial charge in [-0.25, -0.2) is 13.6 Å². The zero-order valence-electron chi connectivity index (χ0n) is 9.42. The van der Waals surface area contributed by atoms with E-state index in [1.807, 2.05) is 0 Å². The van der Waals surface area contributed by atoms with Crippen LogP contribution in [0.1, 0.15) is 18.5 Å². The minimum Gasteiger partial charge on any atom is -0.462 e. The van der Waals surface area contributed by atoms with E-state index in [4.69, 9.17) is 5.73 Å². The average molecular weight is 265 g/mol. The first-order valence-electron chi connectivity index (χ1n) is 5.06. The van der Waals surface area contributed by atoms with Crippen LogP contribution >= 0.6 is 0 Å². The molecule has 3 nitrogen and oxygen atoms in total. The van der Waals surface area contributed by atoms with Crippen LogP contribution < -0.4 is 5.73 Å². The van der Waals surface area contributed by atoms with Crippen molar-refractivity contribution in [3.8, 4) is 0 Å². The van der Waals surface area contributed by atoms with Gasteiger partial charge in [-0.3, -0.25) is 0 Å². The predicted octanol–water partition coefficient (Wildman–Crippen LogP) is 2.16. The second kappa shape index (κ2) is 5.34. The van der Waals surface area contributed by atoms with Gasteiger partial charge in [0, 0.05) is 5.56 Å². The summed E-state index contributed by atoms with van der Waals surface area (Å²) in [5.41, 5.74) is 4.33. The maximum absolute atomic E-state index is 13.5. The van der Waals surface area contributed by atoms with Crippen molar-refractivity contribution in [2.75, 3.05) is 6.61 Å². The van der Waals surface area contributed by atoms with Gasteiger partial charge in [-0.05, 0) is 25.1 Å². The van der Waals surface area contributed by atoms with Gasteiger partial charge in [0.1, 0.15) is 17.7 Å². The van der Waals surface area contributed by atoms with E-state index in [9.17, 15) is 22.4 Å². The normalized spacial score (nSPS) is 13.2. The number of rotatable bonds is 4. The topological polar surface area (TPSA) is 52.3 Å². The highest BCUT2D eigenvalue weighted by molar-refractivity contribution is 5.78. The van der Waals surface area contributed by atoms with E-state index in [-0.39, 0.29) is 6.61 Å². The van der Waals surface area contributed by atoms with Crippen LogP contribution in [0, 0.1) is 11.6 Å². The van der Waals surface area contributed by atoms with Gasteiger partial charge in [-0.1, -0.05) is 0 Å². The fourth-order valence-corrected chi connectivity index (χ4v) is 1.30. The number of benzene rings is 1. The lowest BCUT2D eigenvalue weighted by Crippen LogP contribution is -2.42. The molecule has 1 atom stereocenters. The molecule has 0 bridgehead atoms. The molecule has 0 saturated heterocycles. The number of nitrogens with two attached hydrogens (primary N) is 1. The van der Waals surface area contributed by atoms with E-state index in [1.165, 1.54) is 6.92 Å². The smallest absolute Gasteiger partial charge is 0.379 e. The number of carbonyl (C=O) groups is 1. The average Bonchev–Trinajstić information content (AvgIpc) is 2.31. The number of alkyl halides is 2. The van der Waals surface area contributed by atoms with Crippen molar-refractivity contribution < 1.29 is 27.1 Å². The van der Waals surface area contributed by atoms with Crippen molar-refractivity contribution in [3.63, 3.8) is 0 Å². The Hall–Kier alpha value is -1.63. The molecule has 0 spiro atoms. The highest BCUT2D eigenvalue weighted by Crippen LogP contribution is 2.32. The first kappa shape index (κ1) is 14.4. The maximum Gasteiger partial charge on any atom is 0.379 e. The highest BCUT2D eigenvalue weighted by atomic mass is 19.3. The number of hydrogen-bond acceptors (Lipinski definition) is 3. The molecule has 1 aromatic rings. The fourth-order valence-electron chi connectivity index (χ4n) is 1.30. The summed E-state index contributed by atoms with van der Waals surface area (Å²) in [4.78, 5) is 11.0. The first-order valence-corrected chi connectivity index (χ1v) is 5.06. The Kier molecular flexibility index (Phi) is 4.28. The van der Waals surface area contributed by atoms with Crippen molar-refractivity contribution >= 4 is 5.97 Å². The summed E-state index contributed by atoms with van der Waals surface area (Å²) in [7, 11) is 0. The van der Waals surface area contributed by atoms with Crippen LogP contribution in [0.4, 0.5) is 17.6 Å². The summed E-state index contributed by atoms with van der Waals surface area (Å²) in [6, 6.07) is -0.375. The Bertz CT molecular complexity index is 451. The number of esters is 1. The van der Waals surface area contributed by atoms with Gasteiger partial charge in [0.15, 0.2) is 0 Å². The SMILES string of the molecule is CCOC(=O)C(F)(F)[C@H](N)c1cc(F)ccc1F. The summed E-state index contributed by atoms with van der Waals surface area (Å²) in [6.45, 7) is 1.06. The monoisotopic (exact) mass is 265 g/mol. The minimum absolute atomic E-state index is 0.271. The van der Waals surface area contributed by atoms with Crippen molar-refractivity contribution in [1.29, 1.82) is 0 Å². The standard InChI is InChI=1S/C11H11F4NO2/c1-2-18-10(17)11(14,15)9(16)7-5-6(12)3-4-8(7)13/h3-5,9H,2,16H2,1H3/t9-/m1/s1. The zero-order valence-corrected chi connectivity index (χ0v) is 9.42. The zero-order chi connectivity index (χ0) is 13.9. The third-order valence-corrected chi connectivity index (χ3v) is 2.23. The van der Waals surface area contributed by atoms with Gasteiger partial charge >= 0.3 is 11.9 Å². The first-order chi connectivity index (χ1) is 8.30. The minimum atomic E-state index is -4.13. The molecular weight excluding hydrogens is 254 g/mol. The third-order valence-electron chi connectivity index (χ3n) is 2.23. The van der Waals surface area contributed by atoms with Gasteiger partial charge < -0.3 is 10.5 Å². The molecule has 0 aliphatic rings. The molecule has 0 amide bonds. The molecule has 7 heteroatoms. The molecular formula is C11H11F4NO2. The van der Waals surface area contributed by atoms with Crippen LogP contribution in [0.5, 0.6) is 0 Å². The van der Waals surface area contributed by atoms with Crippen LogP contribution in [-0.2, 0) is 9.53 Å². The highest BCUT2D eigenvalue weighted by Gasteiger charge is 2.48. The predicted molar refractivity (Wildman–Crippen MR) is 54.9 cm³/mol. The summed E-state index contributed by atoms with van der Waals surface area (Å²) < 4.78 is 57.3. The second-order valence-corrected chi connectivity index (χ2v) is 3.49. The molecule has 18 heavy (non-hydrogen) atoms. The third kappa shape index (κ3) is 2.79. The van der Waals surface area contributed by atoms with E-state index < -0.39 is 35.1 Å². The number of ether oxygens (including phenoxy) is 1. The molecule has 0 aromatic heterocycles. The molecule has 0 heterocycles. The van der Waals surface area contributed by atoms with Crippen LogP contribution in [0.15, 0.2) is 18.2 Å². The summed E-state index contributed by atoms with van der Waals surface area (Å²) in [5.74, 6) is -8.06. The van der Waals surface area contributed by atoms with Crippen LogP contribution in [0.2, 0.25) is 0 Å². The van der Waals surface area contributed by atoms with Crippen molar-refractivity contribution in [2.24, 2.45) is 5.73 Å². The van der Waals surface area contributed by atoms with Crippen LogP contribution in [0.3, 0.4) is 0 Å². The molecule has 0 fully saturated rings. The molecule has 0 radical (unpaired) electrons. The molecule has 1 rings (SSSR count). The Labute approximate surface area is 101 Å². The molecule has 0 aliphatic heterocycles. The van der Waals surface area contributed by atoms with Gasteiger partial charge in [0.05, 0.1) is 6.61 Å². The van der Waals surface area contributed by atoms with Gasteiger partial charge in [0.2, 0.25) is 0 Å². The van der Waals surface area contributed by atoms with E-state index >= 15 is 0 Å². The van der Waals surface area contributed by atoms with Crippen LogP contribution in [0.25, 0.3) is 0 Å². The number of halogens is 4. The fraction of sp³-hybridized carbons (Fsp3) is 0.364. The molecule has 0 saturated carbocycles. The Balaban J connectivity index is 3.08. The van der Waals surface area contributed by atoms with E-state index in [2.05, 4.69) is 4.74 Å². The largest absolute Gasteiger partial charge is 0.462 e. The van der Waals surface area contributed by atoms with E-state index in [0.29, 0.717) is 12.1 Å². The lowest BCUT2D eigenvalue weighted by atomic mass is 10.0. The summed E-state index contributed by atoms with van der Waals surface area (Å²) in [6.07, 6.45) is 0. The number of carbonyl (C=O) groups excluding carboxylic acids is 1. The molecule has 100 valence electrons. The van der Waals surface area contributed by atoms with Crippen molar-refractivity contribution in [1.82, 2.24) is 0 Å². The second-order valence-electron chi connectivity index (χ2n) is 3.49. The van der Waals surface area contributed by atoms with E-state index in [1.54, 1.807) is 0 Å². The number of hydrogen-bond donors (Lipinski definition) is 1. The lowest BCUT2D eigenvalue weighted by Gasteiger charge is -2.22. The molecule has 0 aliphatic carbocycles. The maximum atomic E-state index is 13.5. The lowest BCUT2D eigenvalue weighted by molar-refractivity contribution is -0.174.